The molecule has 0 saturated heterocycles. The van der Waals surface area contributed by atoms with Crippen molar-refractivity contribution >= 4 is 18.3 Å². The molecule has 7 nitrogen and oxygen atoms in total. The summed E-state index contributed by atoms with van der Waals surface area (Å²) in [6.07, 6.45) is 2.82. The molecule has 2 atom stereocenters. The van der Waals surface area contributed by atoms with Crippen molar-refractivity contribution in [3.8, 4) is 0 Å². The number of hydrogen-bond donors (Lipinski definition) is 2. The molecule has 1 fully saturated rings. The summed E-state index contributed by atoms with van der Waals surface area (Å²) in [5.74, 6) is 0.793. The van der Waals surface area contributed by atoms with Crippen molar-refractivity contribution < 1.29 is 14.3 Å². The Bertz CT molecular complexity index is 500. The first-order valence-corrected chi connectivity index (χ1v) is 7.20. The highest BCUT2D eigenvalue weighted by Gasteiger charge is 2.30. The maximum absolute atomic E-state index is 11.9. The molecule has 2 rings (SSSR count). The first-order valence-electron chi connectivity index (χ1n) is 7.20. The molecule has 2 N–H and O–H groups in total. The minimum absolute atomic E-state index is 0.0607. The monoisotopic (exact) mass is 294 g/mol. The lowest BCUT2D eigenvalue weighted by molar-refractivity contribution is -0.105. The maximum Gasteiger partial charge on any atom is 0.410 e. The number of anilines is 1. The normalized spacial score (nSPS) is 21.3. The Balaban J connectivity index is 1.88. The van der Waals surface area contributed by atoms with Gasteiger partial charge in [-0.05, 0) is 33.1 Å². The summed E-state index contributed by atoms with van der Waals surface area (Å²) in [6, 6.07) is 1.95. The van der Waals surface area contributed by atoms with E-state index in [1.54, 1.807) is 11.9 Å². The fraction of sp³-hybridized carbons (Fsp3) is 0.643. The fourth-order valence-corrected chi connectivity index (χ4v) is 2.45. The fourth-order valence-electron chi connectivity index (χ4n) is 2.45. The number of carbonyl (C=O) groups is 2. The number of rotatable bonds is 5. The van der Waals surface area contributed by atoms with E-state index >= 15 is 0 Å². The van der Waals surface area contributed by atoms with Gasteiger partial charge in [-0.15, -0.1) is 0 Å². The van der Waals surface area contributed by atoms with Crippen molar-refractivity contribution in [1.82, 2.24) is 15.1 Å². The van der Waals surface area contributed by atoms with Gasteiger partial charge in [-0.3, -0.25) is 9.89 Å². The van der Waals surface area contributed by atoms with Crippen LogP contribution in [-0.2, 0) is 9.53 Å². The van der Waals surface area contributed by atoms with E-state index in [0.717, 1.165) is 25.0 Å². The van der Waals surface area contributed by atoms with Crippen LogP contribution in [0.3, 0.4) is 0 Å². The summed E-state index contributed by atoms with van der Waals surface area (Å²) < 4.78 is 5.52. The van der Waals surface area contributed by atoms with E-state index in [2.05, 4.69) is 15.5 Å². The highest BCUT2D eigenvalue weighted by molar-refractivity contribution is 5.69. The highest BCUT2D eigenvalue weighted by atomic mass is 16.6. The summed E-state index contributed by atoms with van der Waals surface area (Å²) >= 11 is 0. The Morgan fingerprint density at radius 3 is 3.00 bits per heavy atom. The summed E-state index contributed by atoms with van der Waals surface area (Å²) in [4.78, 5) is 23.9. The first kappa shape index (κ1) is 15.3. The number of aromatic nitrogens is 2. The molecule has 116 valence electrons. The summed E-state index contributed by atoms with van der Waals surface area (Å²) in [5.41, 5.74) is 0.968. The van der Waals surface area contributed by atoms with E-state index in [1.807, 2.05) is 19.9 Å². The highest BCUT2D eigenvalue weighted by Crippen LogP contribution is 2.35. The largest absolute Gasteiger partial charge is 0.446 e. The lowest BCUT2D eigenvalue weighted by Crippen LogP contribution is -2.35. The molecule has 1 heterocycles. The van der Waals surface area contributed by atoms with Crippen molar-refractivity contribution in [1.29, 1.82) is 0 Å². The second-order valence-corrected chi connectivity index (χ2v) is 5.69. The Hall–Kier alpha value is -2.05. The molecular weight excluding hydrogens is 272 g/mol. The van der Waals surface area contributed by atoms with Gasteiger partial charge in [0.1, 0.15) is 6.10 Å². The summed E-state index contributed by atoms with van der Waals surface area (Å²) in [6.45, 7) is 3.90. The maximum atomic E-state index is 11.9. The van der Waals surface area contributed by atoms with Crippen LogP contribution in [0.15, 0.2) is 6.07 Å². The van der Waals surface area contributed by atoms with E-state index in [9.17, 15) is 9.59 Å². The van der Waals surface area contributed by atoms with E-state index in [4.69, 9.17) is 4.74 Å². The summed E-state index contributed by atoms with van der Waals surface area (Å²) in [5, 5.41) is 9.44. The van der Waals surface area contributed by atoms with Gasteiger partial charge >= 0.3 is 6.09 Å². The smallest absolute Gasteiger partial charge is 0.410 e. The molecule has 0 aromatic carbocycles. The molecule has 7 heteroatoms. The number of hydrogen-bond acceptors (Lipinski definition) is 4. The number of nitrogens with zero attached hydrogens (tertiary/aromatic N) is 2. The number of ether oxygens (including phenoxy) is 1. The van der Waals surface area contributed by atoms with E-state index in [1.165, 1.54) is 0 Å². The van der Waals surface area contributed by atoms with Crippen LogP contribution in [0.5, 0.6) is 0 Å². The van der Waals surface area contributed by atoms with Gasteiger partial charge in [0.2, 0.25) is 6.41 Å². The molecule has 1 aliphatic carbocycles. The second kappa shape index (κ2) is 6.60. The van der Waals surface area contributed by atoms with E-state index in [0.29, 0.717) is 12.2 Å². The van der Waals surface area contributed by atoms with Gasteiger partial charge in [0.25, 0.3) is 0 Å². The molecule has 2 amide bonds. The second-order valence-electron chi connectivity index (χ2n) is 5.69. The van der Waals surface area contributed by atoms with Gasteiger partial charge in [0.05, 0.1) is 0 Å². The molecular formula is C14H22N4O3. The van der Waals surface area contributed by atoms with Gasteiger partial charge in [0, 0.05) is 30.8 Å². The lowest BCUT2D eigenvalue weighted by atomic mass is 10.0. The number of carbonyl (C=O) groups excluding carboxylic acids is 2. The summed E-state index contributed by atoms with van der Waals surface area (Å²) in [7, 11) is 1.74. The molecule has 1 aliphatic rings. The third kappa shape index (κ3) is 3.74. The van der Waals surface area contributed by atoms with Crippen LogP contribution >= 0.6 is 0 Å². The van der Waals surface area contributed by atoms with Crippen molar-refractivity contribution in [3.63, 3.8) is 0 Å². The molecule has 1 aromatic rings. The standard InChI is InChI=1S/C14H22N4O3/c1-9(2)18(3)14(20)21-11-5-4-10(6-11)12-7-13(15-8-19)17-16-12/h7-11H,4-6H2,1-3H3,(H2,15,16,17,19). The van der Waals surface area contributed by atoms with Crippen molar-refractivity contribution in [2.45, 2.75) is 51.2 Å². The molecule has 21 heavy (non-hydrogen) atoms. The van der Waals surface area contributed by atoms with Crippen LogP contribution in [0.2, 0.25) is 0 Å². The topological polar surface area (TPSA) is 87.3 Å². The van der Waals surface area contributed by atoms with Gasteiger partial charge in [-0.1, -0.05) is 0 Å². The third-order valence-corrected chi connectivity index (χ3v) is 3.96. The number of nitrogens with one attached hydrogen (secondary N) is 2. The lowest BCUT2D eigenvalue weighted by Gasteiger charge is -2.23. The predicted molar refractivity (Wildman–Crippen MR) is 78.0 cm³/mol. The Labute approximate surface area is 124 Å². The van der Waals surface area contributed by atoms with Crippen LogP contribution < -0.4 is 5.32 Å². The minimum Gasteiger partial charge on any atom is -0.446 e. The van der Waals surface area contributed by atoms with Crippen molar-refractivity contribution in [3.05, 3.63) is 11.8 Å². The SMILES string of the molecule is CC(C)N(C)C(=O)OC1CCC(c2cc(NC=O)n[nH]2)C1. The zero-order chi connectivity index (χ0) is 15.4. The van der Waals surface area contributed by atoms with Crippen LogP contribution in [0, 0.1) is 0 Å². The van der Waals surface area contributed by atoms with Crippen molar-refractivity contribution in [2.24, 2.45) is 0 Å². The van der Waals surface area contributed by atoms with Gasteiger partial charge in [-0.25, -0.2) is 4.79 Å². The number of amides is 2. The van der Waals surface area contributed by atoms with Crippen LogP contribution in [0.25, 0.3) is 0 Å². The number of aromatic amines is 1. The Kier molecular flexibility index (Phi) is 4.82. The molecule has 0 bridgehead atoms. The predicted octanol–water partition coefficient (Wildman–Crippen LogP) is 2.09. The molecule has 2 unspecified atom stereocenters. The van der Waals surface area contributed by atoms with E-state index in [-0.39, 0.29) is 24.2 Å². The molecule has 0 aliphatic heterocycles. The third-order valence-electron chi connectivity index (χ3n) is 3.96. The van der Waals surface area contributed by atoms with E-state index < -0.39 is 0 Å². The molecule has 1 aromatic heterocycles. The quantitative estimate of drug-likeness (QED) is 0.814. The first-order chi connectivity index (χ1) is 10.0. The minimum atomic E-state index is -0.274. The Morgan fingerprint density at radius 2 is 2.33 bits per heavy atom. The number of H-pyrrole nitrogens is 1. The average Bonchev–Trinajstić information content (AvgIpc) is 3.07. The zero-order valence-corrected chi connectivity index (χ0v) is 12.6. The zero-order valence-electron chi connectivity index (χ0n) is 12.6. The van der Waals surface area contributed by atoms with Gasteiger partial charge in [0.15, 0.2) is 5.82 Å². The van der Waals surface area contributed by atoms with Crippen molar-refractivity contribution in [2.75, 3.05) is 12.4 Å². The van der Waals surface area contributed by atoms with Crippen LogP contribution in [0.4, 0.5) is 10.6 Å². The van der Waals surface area contributed by atoms with Crippen LogP contribution in [-0.4, -0.2) is 46.8 Å². The molecule has 1 saturated carbocycles. The van der Waals surface area contributed by atoms with Gasteiger partial charge < -0.3 is 15.0 Å². The molecule has 0 spiro atoms. The Morgan fingerprint density at radius 1 is 1.57 bits per heavy atom. The van der Waals surface area contributed by atoms with Crippen LogP contribution in [0.1, 0.15) is 44.7 Å². The average molecular weight is 294 g/mol. The van der Waals surface area contributed by atoms with Gasteiger partial charge in [-0.2, -0.15) is 5.10 Å². The molecule has 0 radical (unpaired) electrons.